The van der Waals surface area contributed by atoms with Gasteiger partial charge >= 0.3 is 6.18 Å². The molecule has 0 heterocycles. The zero-order valence-corrected chi connectivity index (χ0v) is 9.97. The van der Waals surface area contributed by atoms with Crippen molar-refractivity contribution in [3.8, 4) is 0 Å². The summed E-state index contributed by atoms with van der Waals surface area (Å²) in [6, 6.07) is 5.40. The average Bonchev–Trinajstić information content (AvgIpc) is 2.33. The molecule has 0 fully saturated rings. The molecule has 100 valence electrons. The van der Waals surface area contributed by atoms with Crippen LogP contribution in [0.15, 0.2) is 24.3 Å². The minimum absolute atomic E-state index is 0.0900. The Labute approximate surface area is 103 Å². The van der Waals surface area contributed by atoms with Crippen LogP contribution in [0.25, 0.3) is 0 Å². The van der Waals surface area contributed by atoms with Crippen LogP contribution in [0.4, 0.5) is 13.2 Å². The monoisotopic (exact) mass is 260 g/mol. The summed E-state index contributed by atoms with van der Waals surface area (Å²) in [5.41, 5.74) is -0.459. The summed E-state index contributed by atoms with van der Waals surface area (Å²) in [4.78, 5) is 10.9. The van der Waals surface area contributed by atoms with Gasteiger partial charge in [-0.1, -0.05) is 18.2 Å². The highest BCUT2D eigenvalue weighted by Gasteiger charge is 2.32. The number of hydrogen-bond acceptors (Lipinski definition) is 2. The van der Waals surface area contributed by atoms with Crippen molar-refractivity contribution in [2.45, 2.75) is 19.1 Å². The van der Waals surface area contributed by atoms with Gasteiger partial charge in [-0.15, -0.1) is 0 Å². The summed E-state index contributed by atoms with van der Waals surface area (Å²) >= 11 is 0. The molecule has 2 N–H and O–H groups in total. The summed E-state index contributed by atoms with van der Waals surface area (Å²) in [7, 11) is 1.52. The molecule has 0 aromatic heterocycles. The van der Waals surface area contributed by atoms with E-state index in [1.54, 1.807) is 6.07 Å². The van der Waals surface area contributed by atoms with Crippen molar-refractivity contribution >= 4 is 5.91 Å². The lowest BCUT2D eigenvalue weighted by atomic mass is 10.1. The van der Waals surface area contributed by atoms with Crippen molar-refractivity contribution in [3.05, 3.63) is 35.4 Å². The number of hydrogen-bond donors (Lipinski definition) is 2. The van der Waals surface area contributed by atoms with E-state index in [0.29, 0.717) is 6.54 Å². The van der Waals surface area contributed by atoms with E-state index < -0.39 is 11.7 Å². The number of carbonyl (C=O) groups is 1. The zero-order valence-electron chi connectivity index (χ0n) is 9.97. The minimum atomic E-state index is -4.35. The molecule has 0 aliphatic carbocycles. The van der Waals surface area contributed by atoms with Crippen molar-refractivity contribution in [3.63, 3.8) is 0 Å². The Morgan fingerprint density at radius 1 is 1.28 bits per heavy atom. The molecule has 0 aliphatic heterocycles. The maximum atomic E-state index is 12.6. The van der Waals surface area contributed by atoms with Crippen molar-refractivity contribution in [2.75, 3.05) is 13.6 Å². The number of alkyl halides is 3. The Hall–Kier alpha value is -1.56. The Kier molecular flexibility index (Phi) is 5.15. The second-order valence-corrected chi connectivity index (χ2v) is 3.75. The highest BCUT2D eigenvalue weighted by Crippen LogP contribution is 2.31. The first-order valence-electron chi connectivity index (χ1n) is 5.51. The molecule has 1 aromatic carbocycles. The van der Waals surface area contributed by atoms with Crippen molar-refractivity contribution in [1.29, 1.82) is 0 Å². The smallest absolute Gasteiger partial charge is 0.359 e. The van der Waals surface area contributed by atoms with Gasteiger partial charge in [-0.25, -0.2) is 0 Å². The third kappa shape index (κ3) is 4.37. The van der Waals surface area contributed by atoms with E-state index in [1.807, 2.05) is 0 Å². The summed E-state index contributed by atoms with van der Waals surface area (Å²) in [6.45, 7) is 0.429. The van der Waals surface area contributed by atoms with Crippen molar-refractivity contribution in [1.82, 2.24) is 10.6 Å². The van der Waals surface area contributed by atoms with Crippen LogP contribution in [0, 0.1) is 0 Å². The fourth-order valence-electron chi connectivity index (χ4n) is 1.50. The van der Waals surface area contributed by atoms with E-state index in [0.717, 1.165) is 6.07 Å². The molecule has 0 spiro atoms. The lowest BCUT2D eigenvalue weighted by Crippen LogP contribution is -2.25. The van der Waals surface area contributed by atoms with E-state index in [1.165, 1.54) is 19.2 Å². The summed E-state index contributed by atoms with van der Waals surface area (Å²) in [5, 5.41) is 5.26. The first-order valence-corrected chi connectivity index (χ1v) is 5.51. The molecule has 0 unspecified atom stereocenters. The molecule has 6 heteroatoms. The van der Waals surface area contributed by atoms with Gasteiger partial charge in [0.1, 0.15) is 0 Å². The Morgan fingerprint density at radius 2 is 1.94 bits per heavy atom. The normalized spacial score (nSPS) is 11.3. The predicted molar refractivity (Wildman–Crippen MR) is 61.8 cm³/mol. The second kappa shape index (κ2) is 6.39. The van der Waals surface area contributed by atoms with Crippen LogP contribution in [-0.4, -0.2) is 19.5 Å². The van der Waals surface area contributed by atoms with Crippen molar-refractivity contribution in [2.24, 2.45) is 0 Å². The number of rotatable bonds is 5. The van der Waals surface area contributed by atoms with Crippen LogP contribution in [0.1, 0.15) is 17.5 Å². The molecule has 0 saturated heterocycles. The van der Waals surface area contributed by atoms with Crippen LogP contribution in [0.3, 0.4) is 0 Å². The molecule has 18 heavy (non-hydrogen) atoms. The Morgan fingerprint density at radius 3 is 2.56 bits per heavy atom. The second-order valence-electron chi connectivity index (χ2n) is 3.75. The standard InChI is InChI=1S/C12H15F3N2O/c1-16-11(18)6-7-17-8-9-4-2-3-5-10(9)12(13,14)15/h2-5,17H,6-8H2,1H3,(H,16,18). The van der Waals surface area contributed by atoms with Crippen LogP contribution in [0.2, 0.25) is 0 Å². The molecular weight excluding hydrogens is 245 g/mol. The molecule has 1 amide bonds. The quantitative estimate of drug-likeness (QED) is 0.794. The average molecular weight is 260 g/mol. The number of benzene rings is 1. The van der Waals surface area contributed by atoms with Crippen LogP contribution in [0.5, 0.6) is 0 Å². The molecule has 0 saturated carbocycles. The fourth-order valence-corrected chi connectivity index (χ4v) is 1.50. The van der Waals surface area contributed by atoms with Gasteiger partial charge in [0, 0.05) is 26.6 Å². The van der Waals surface area contributed by atoms with Gasteiger partial charge in [0.05, 0.1) is 5.56 Å². The van der Waals surface area contributed by atoms with E-state index in [-0.39, 0.29) is 24.4 Å². The van der Waals surface area contributed by atoms with Gasteiger partial charge in [0.25, 0.3) is 0 Å². The molecular formula is C12H15F3N2O. The molecule has 1 aromatic rings. The number of nitrogens with one attached hydrogen (secondary N) is 2. The Bertz CT molecular complexity index is 405. The maximum absolute atomic E-state index is 12.6. The van der Waals surface area contributed by atoms with Gasteiger partial charge in [-0.05, 0) is 11.6 Å². The molecule has 0 radical (unpaired) electrons. The van der Waals surface area contributed by atoms with E-state index >= 15 is 0 Å². The van der Waals surface area contributed by atoms with Gasteiger partial charge < -0.3 is 10.6 Å². The van der Waals surface area contributed by atoms with Gasteiger partial charge in [0.15, 0.2) is 0 Å². The topological polar surface area (TPSA) is 41.1 Å². The summed E-state index contributed by atoms with van der Waals surface area (Å²) in [5.74, 6) is -0.147. The van der Waals surface area contributed by atoms with E-state index in [9.17, 15) is 18.0 Å². The number of amides is 1. The van der Waals surface area contributed by atoms with Crippen LogP contribution in [-0.2, 0) is 17.5 Å². The van der Waals surface area contributed by atoms with Crippen LogP contribution >= 0.6 is 0 Å². The van der Waals surface area contributed by atoms with Crippen molar-refractivity contribution < 1.29 is 18.0 Å². The third-order valence-electron chi connectivity index (χ3n) is 2.45. The molecule has 0 aliphatic rings. The van der Waals surface area contributed by atoms with E-state index in [4.69, 9.17) is 0 Å². The largest absolute Gasteiger partial charge is 0.416 e. The summed E-state index contributed by atoms with van der Waals surface area (Å²) in [6.07, 6.45) is -4.11. The predicted octanol–water partition coefficient (Wildman–Crippen LogP) is 1.93. The zero-order chi connectivity index (χ0) is 13.6. The molecule has 3 nitrogen and oxygen atoms in total. The SMILES string of the molecule is CNC(=O)CCNCc1ccccc1C(F)(F)F. The molecule has 0 bridgehead atoms. The van der Waals surface area contributed by atoms with E-state index in [2.05, 4.69) is 10.6 Å². The first kappa shape index (κ1) is 14.5. The summed E-state index contributed by atoms with van der Waals surface area (Å²) < 4.78 is 37.9. The minimum Gasteiger partial charge on any atom is -0.359 e. The Balaban J connectivity index is 2.55. The lowest BCUT2D eigenvalue weighted by Gasteiger charge is -2.13. The fraction of sp³-hybridized carbons (Fsp3) is 0.417. The lowest BCUT2D eigenvalue weighted by molar-refractivity contribution is -0.138. The maximum Gasteiger partial charge on any atom is 0.416 e. The molecule has 1 rings (SSSR count). The van der Waals surface area contributed by atoms with Crippen LogP contribution < -0.4 is 10.6 Å². The highest BCUT2D eigenvalue weighted by molar-refractivity contribution is 5.75. The number of carbonyl (C=O) groups excluding carboxylic acids is 1. The highest BCUT2D eigenvalue weighted by atomic mass is 19.4. The third-order valence-corrected chi connectivity index (χ3v) is 2.45. The van der Waals surface area contributed by atoms with Gasteiger partial charge in [-0.2, -0.15) is 13.2 Å². The van der Waals surface area contributed by atoms with Gasteiger partial charge in [-0.3, -0.25) is 4.79 Å². The van der Waals surface area contributed by atoms with Gasteiger partial charge in [0.2, 0.25) is 5.91 Å². The molecule has 0 atom stereocenters. The number of halogens is 3. The first-order chi connectivity index (χ1) is 8.45.